The van der Waals surface area contributed by atoms with Crippen molar-refractivity contribution >= 4 is 33.5 Å². The topological polar surface area (TPSA) is 70.1 Å². The lowest BCUT2D eigenvalue weighted by Crippen LogP contribution is -2.13. The number of hydrogen-bond donors (Lipinski definition) is 2. The fourth-order valence-corrected chi connectivity index (χ4v) is 3.92. The number of thiazole rings is 1. The van der Waals surface area contributed by atoms with E-state index in [-0.39, 0.29) is 11.5 Å². The zero-order valence-corrected chi connectivity index (χ0v) is 17.5. The van der Waals surface area contributed by atoms with E-state index in [1.807, 2.05) is 42.5 Å². The predicted molar refractivity (Wildman–Crippen MR) is 120 cm³/mol. The first kappa shape index (κ1) is 19.2. The van der Waals surface area contributed by atoms with Gasteiger partial charge in [0, 0.05) is 15.5 Å². The molecule has 4 rings (SSSR count). The summed E-state index contributed by atoms with van der Waals surface area (Å²) in [5.74, 6) is -0.361. The standard InChI is InChI=1S/C22H16BrN3O2S/c23-17-9-7-16(8-10-17)19-14-29-22(26(19)18-4-2-1-3-5-18)25-24-13-15-6-11-20(27)21(28)12-15/h1-14,27-28H/b24-13+,25-22?. The molecule has 29 heavy (non-hydrogen) atoms. The Kier molecular flexibility index (Phi) is 5.59. The Hall–Kier alpha value is -3.16. The number of para-hydroxylation sites is 1. The molecule has 0 atom stereocenters. The predicted octanol–water partition coefficient (Wildman–Crippen LogP) is 5.31. The Balaban J connectivity index is 1.79. The highest BCUT2D eigenvalue weighted by Crippen LogP contribution is 2.25. The van der Waals surface area contributed by atoms with Crippen LogP contribution in [0.5, 0.6) is 11.5 Å². The molecule has 7 heteroatoms. The Bertz CT molecular complexity index is 1230. The first-order chi connectivity index (χ1) is 14.1. The normalized spacial score (nSPS) is 12.0. The summed E-state index contributed by atoms with van der Waals surface area (Å²) in [5, 5.41) is 29.6. The maximum atomic E-state index is 9.61. The molecule has 0 unspecified atom stereocenters. The largest absolute Gasteiger partial charge is 0.504 e. The molecule has 1 heterocycles. The Morgan fingerprint density at radius 2 is 1.66 bits per heavy atom. The molecule has 2 N–H and O–H groups in total. The van der Waals surface area contributed by atoms with Crippen LogP contribution in [0.4, 0.5) is 0 Å². The van der Waals surface area contributed by atoms with Crippen LogP contribution in [0.25, 0.3) is 16.9 Å². The molecule has 3 aromatic carbocycles. The zero-order valence-electron chi connectivity index (χ0n) is 15.1. The van der Waals surface area contributed by atoms with Gasteiger partial charge < -0.3 is 10.2 Å². The van der Waals surface area contributed by atoms with Gasteiger partial charge in [0.1, 0.15) is 0 Å². The summed E-state index contributed by atoms with van der Waals surface area (Å²) in [6, 6.07) is 22.6. The number of halogens is 1. The highest BCUT2D eigenvalue weighted by molar-refractivity contribution is 9.10. The second-order valence-corrected chi connectivity index (χ2v) is 7.93. The molecule has 0 amide bonds. The maximum Gasteiger partial charge on any atom is 0.215 e. The van der Waals surface area contributed by atoms with Crippen molar-refractivity contribution in [1.82, 2.24) is 4.57 Å². The van der Waals surface area contributed by atoms with Crippen LogP contribution in [0, 0.1) is 0 Å². The third-order valence-electron chi connectivity index (χ3n) is 4.21. The Labute approximate surface area is 179 Å². The summed E-state index contributed by atoms with van der Waals surface area (Å²) in [5.41, 5.74) is 3.72. The van der Waals surface area contributed by atoms with Crippen molar-refractivity contribution in [2.24, 2.45) is 10.2 Å². The van der Waals surface area contributed by atoms with Crippen molar-refractivity contribution in [3.63, 3.8) is 0 Å². The lowest BCUT2D eigenvalue weighted by Gasteiger charge is -2.09. The molecule has 0 saturated heterocycles. The fourth-order valence-electron chi connectivity index (χ4n) is 2.80. The van der Waals surface area contributed by atoms with Crippen molar-refractivity contribution in [3.05, 3.63) is 93.0 Å². The molecular weight excluding hydrogens is 450 g/mol. The molecule has 0 aliphatic rings. The molecule has 144 valence electrons. The van der Waals surface area contributed by atoms with Gasteiger partial charge in [-0.3, -0.25) is 4.57 Å². The molecule has 4 aromatic rings. The molecule has 0 radical (unpaired) electrons. The van der Waals surface area contributed by atoms with E-state index in [1.54, 1.807) is 6.07 Å². The van der Waals surface area contributed by atoms with Crippen LogP contribution in [0.2, 0.25) is 0 Å². The second kappa shape index (κ2) is 8.46. The third kappa shape index (κ3) is 4.31. The zero-order chi connectivity index (χ0) is 20.2. The number of rotatable bonds is 4. The number of aromatic hydroxyl groups is 2. The monoisotopic (exact) mass is 465 g/mol. The van der Waals surface area contributed by atoms with E-state index in [9.17, 15) is 10.2 Å². The smallest absolute Gasteiger partial charge is 0.215 e. The van der Waals surface area contributed by atoms with Gasteiger partial charge in [0.15, 0.2) is 11.5 Å². The molecule has 1 aromatic heterocycles. The van der Waals surface area contributed by atoms with Crippen molar-refractivity contribution < 1.29 is 10.2 Å². The molecule has 0 bridgehead atoms. The van der Waals surface area contributed by atoms with E-state index in [0.29, 0.717) is 10.4 Å². The van der Waals surface area contributed by atoms with Crippen molar-refractivity contribution in [2.45, 2.75) is 0 Å². The average molecular weight is 466 g/mol. The van der Waals surface area contributed by atoms with Gasteiger partial charge in [0.25, 0.3) is 0 Å². The number of nitrogens with zero attached hydrogens (tertiary/aromatic N) is 3. The van der Waals surface area contributed by atoms with Gasteiger partial charge in [0.05, 0.1) is 11.9 Å². The number of aromatic nitrogens is 1. The number of phenols is 2. The minimum atomic E-state index is -0.193. The molecule has 0 aliphatic carbocycles. The number of hydrogen-bond acceptors (Lipinski definition) is 5. The fraction of sp³-hybridized carbons (Fsp3) is 0. The maximum absolute atomic E-state index is 9.61. The lowest BCUT2D eigenvalue weighted by atomic mass is 10.1. The van der Waals surface area contributed by atoms with E-state index in [4.69, 9.17) is 0 Å². The van der Waals surface area contributed by atoms with Gasteiger partial charge in [-0.15, -0.1) is 16.4 Å². The summed E-state index contributed by atoms with van der Waals surface area (Å²) in [4.78, 5) is 0.716. The molecule has 0 spiro atoms. The van der Waals surface area contributed by atoms with Gasteiger partial charge in [-0.2, -0.15) is 5.10 Å². The van der Waals surface area contributed by atoms with Crippen LogP contribution in [-0.4, -0.2) is 21.0 Å². The molecule has 0 aliphatic heterocycles. The SMILES string of the molecule is Oc1ccc(/C=N/N=c2scc(-c3ccc(Br)cc3)n2-c2ccccc2)cc1O. The van der Waals surface area contributed by atoms with Crippen LogP contribution in [0.15, 0.2) is 92.9 Å². The molecule has 5 nitrogen and oxygen atoms in total. The van der Waals surface area contributed by atoms with Crippen molar-refractivity contribution in [3.8, 4) is 28.4 Å². The summed E-state index contributed by atoms with van der Waals surface area (Å²) in [6.07, 6.45) is 1.54. The first-order valence-electron chi connectivity index (χ1n) is 8.73. The number of benzene rings is 3. The minimum absolute atomic E-state index is 0.168. The van der Waals surface area contributed by atoms with Gasteiger partial charge >= 0.3 is 0 Å². The van der Waals surface area contributed by atoms with Gasteiger partial charge in [-0.25, -0.2) is 0 Å². The van der Waals surface area contributed by atoms with E-state index in [2.05, 4.69) is 48.2 Å². The minimum Gasteiger partial charge on any atom is -0.504 e. The average Bonchev–Trinajstić information content (AvgIpc) is 3.16. The van der Waals surface area contributed by atoms with Crippen LogP contribution in [-0.2, 0) is 0 Å². The highest BCUT2D eigenvalue weighted by atomic mass is 79.9. The van der Waals surface area contributed by atoms with Crippen LogP contribution in [0.1, 0.15) is 5.56 Å². The van der Waals surface area contributed by atoms with Crippen molar-refractivity contribution in [2.75, 3.05) is 0 Å². The summed E-state index contributed by atoms with van der Waals surface area (Å²) in [6.45, 7) is 0. The molecular formula is C22H16BrN3O2S. The lowest BCUT2D eigenvalue weighted by molar-refractivity contribution is 0.403. The summed E-state index contributed by atoms with van der Waals surface area (Å²) < 4.78 is 3.08. The molecule has 0 saturated carbocycles. The summed E-state index contributed by atoms with van der Waals surface area (Å²) >= 11 is 4.97. The number of phenolic OH excluding ortho intramolecular Hbond substituents is 2. The Morgan fingerprint density at radius 1 is 0.897 bits per heavy atom. The van der Waals surface area contributed by atoms with Gasteiger partial charge in [-0.1, -0.05) is 46.3 Å². The van der Waals surface area contributed by atoms with E-state index >= 15 is 0 Å². The van der Waals surface area contributed by atoms with E-state index in [0.717, 1.165) is 21.4 Å². The second-order valence-electron chi connectivity index (χ2n) is 6.17. The van der Waals surface area contributed by atoms with Crippen LogP contribution in [0.3, 0.4) is 0 Å². The first-order valence-corrected chi connectivity index (χ1v) is 10.4. The Morgan fingerprint density at radius 3 is 2.38 bits per heavy atom. The van der Waals surface area contributed by atoms with Crippen LogP contribution >= 0.6 is 27.3 Å². The van der Waals surface area contributed by atoms with E-state index in [1.165, 1.54) is 29.7 Å². The van der Waals surface area contributed by atoms with Crippen molar-refractivity contribution in [1.29, 1.82) is 0 Å². The van der Waals surface area contributed by atoms with Gasteiger partial charge in [0.2, 0.25) is 4.80 Å². The third-order valence-corrected chi connectivity index (χ3v) is 5.56. The highest BCUT2D eigenvalue weighted by Gasteiger charge is 2.10. The summed E-state index contributed by atoms with van der Waals surface area (Å²) in [7, 11) is 0. The van der Waals surface area contributed by atoms with E-state index < -0.39 is 0 Å². The van der Waals surface area contributed by atoms with Crippen LogP contribution < -0.4 is 4.80 Å². The quantitative estimate of drug-likeness (QED) is 0.243. The molecule has 0 fully saturated rings. The van der Waals surface area contributed by atoms with Gasteiger partial charge in [-0.05, 0) is 53.6 Å².